The molecular formula is C15H18F3N5O2. The third-order valence-electron chi connectivity index (χ3n) is 4.18. The molecule has 0 saturated heterocycles. The Morgan fingerprint density at radius 1 is 1.40 bits per heavy atom. The number of alkyl halides is 3. The molecule has 3 heterocycles. The Bertz CT molecular complexity index is 768. The number of carbonyl (C=O) groups excluding carboxylic acids is 1. The van der Waals surface area contributed by atoms with Crippen LogP contribution in [0.2, 0.25) is 0 Å². The van der Waals surface area contributed by atoms with Gasteiger partial charge in [-0.15, -0.1) is 0 Å². The number of carbonyl (C=O) groups is 1. The minimum Gasteiger partial charge on any atom is -0.379 e. The summed E-state index contributed by atoms with van der Waals surface area (Å²) in [6.45, 7) is 0.848. The first kappa shape index (κ1) is 17.5. The zero-order valence-electron chi connectivity index (χ0n) is 13.6. The lowest BCUT2D eigenvalue weighted by Gasteiger charge is -2.27. The lowest BCUT2D eigenvalue weighted by atomic mass is 10.2. The SMILES string of the molecule is Cn1ccnc1[C@@H](O)c1cc2n(n1)CCN(C(=O)CCC(F)(F)F)C2. The highest BCUT2D eigenvalue weighted by atomic mass is 19.4. The third-order valence-corrected chi connectivity index (χ3v) is 4.18. The van der Waals surface area contributed by atoms with Gasteiger partial charge in [-0.05, 0) is 6.07 Å². The molecule has 0 unspecified atom stereocenters. The minimum absolute atomic E-state index is 0.178. The van der Waals surface area contributed by atoms with Crippen LogP contribution in [-0.2, 0) is 24.9 Å². The average molecular weight is 357 g/mol. The Morgan fingerprint density at radius 2 is 2.16 bits per heavy atom. The second kappa shape index (κ2) is 6.51. The molecule has 0 fully saturated rings. The van der Waals surface area contributed by atoms with Crippen molar-refractivity contribution in [3.05, 3.63) is 35.7 Å². The van der Waals surface area contributed by atoms with Gasteiger partial charge in [-0.3, -0.25) is 9.48 Å². The van der Waals surface area contributed by atoms with E-state index in [4.69, 9.17) is 0 Å². The lowest BCUT2D eigenvalue weighted by Crippen LogP contribution is -2.38. The van der Waals surface area contributed by atoms with Crippen LogP contribution in [0.1, 0.15) is 36.2 Å². The summed E-state index contributed by atoms with van der Waals surface area (Å²) in [7, 11) is 1.75. The predicted molar refractivity (Wildman–Crippen MR) is 80.2 cm³/mol. The normalized spacial score (nSPS) is 16.0. The molecule has 1 aliphatic heterocycles. The van der Waals surface area contributed by atoms with Gasteiger partial charge in [0.15, 0.2) is 6.10 Å². The average Bonchev–Trinajstić information content (AvgIpc) is 3.16. The molecule has 0 saturated carbocycles. The molecule has 0 radical (unpaired) electrons. The molecular weight excluding hydrogens is 339 g/mol. The number of nitrogens with zero attached hydrogens (tertiary/aromatic N) is 5. The largest absolute Gasteiger partial charge is 0.389 e. The van der Waals surface area contributed by atoms with E-state index in [0.717, 1.165) is 0 Å². The number of imidazole rings is 1. The van der Waals surface area contributed by atoms with E-state index in [1.807, 2.05) is 0 Å². The van der Waals surface area contributed by atoms with E-state index < -0.39 is 31.0 Å². The van der Waals surface area contributed by atoms with Crippen LogP contribution in [0.4, 0.5) is 13.2 Å². The number of rotatable bonds is 4. The van der Waals surface area contributed by atoms with E-state index in [1.165, 1.54) is 4.90 Å². The number of aromatic nitrogens is 4. The molecule has 10 heteroatoms. The molecule has 2 aromatic rings. The molecule has 136 valence electrons. The zero-order valence-corrected chi connectivity index (χ0v) is 13.6. The maximum atomic E-state index is 12.3. The lowest BCUT2D eigenvalue weighted by molar-refractivity contribution is -0.150. The highest BCUT2D eigenvalue weighted by Crippen LogP contribution is 2.25. The maximum absolute atomic E-state index is 12.3. The monoisotopic (exact) mass is 357 g/mol. The highest BCUT2D eigenvalue weighted by Gasteiger charge is 2.31. The molecule has 0 aromatic carbocycles. The number of aliphatic hydroxyl groups excluding tert-OH is 1. The third kappa shape index (κ3) is 3.84. The molecule has 1 N–H and O–H groups in total. The van der Waals surface area contributed by atoms with Gasteiger partial charge in [0.2, 0.25) is 5.91 Å². The van der Waals surface area contributed by atoms with E-state index in [0.29, 0.717) is 30.3 Å². The topological polar surface area (TPSA) is 76.2 Å². The van der Waals surface area contributed by atoms with E-state index in [9.17, 15) is 23.1 Å². The number of aliphatic hydroxyl groups is 1. The predicted octanol–water partition coefficient (Wildman–Crippen LogP) is 1.38. The van der Waals surface area contributed by atoms with Gasteiger partial charge in [0.25, 0.3) is 0 Å². The fourth-order valence-electron chi connectivity index (χ4n) is 2.81. The second-order valence-electron chi connectivity index (χ2n) is 6.01. The van der Waals surface area contributed by atoms with Gasteiger partial charge in [-0.25, -0.2) is 4.98 Å². The van der Waals surface area contributed by atoms with Crippen LogP contribution in [0.25, 0.3) is 0 Å². The highest BCUT2D eigenvalue weighted by molar-refractivity contribution is 5.76. The van der Waals surface area contributed by atoms with Crippen molar-refractivity contribution < 1.29 is 23.1 Å². The van der Waals surface area contributed by atoms with Crippen LogP contribution in [0.3, 0.4) is 0 Å². The van der Waals surface area contributed by atoms with Crippen molar-refractivity contribution in [1.82, 2.24) is 24.2 Å². The first-order valence-electron chi connectivity index (χ1n) is 7.81. The Hall–Kier alpha value is -2.36. The number of fused-ring (bicyclic) bond motifs is 1. The van der Waals surface area contributed by atoms with Crippen molar-refractivity contribution in [1.29, 1.82) is 0 Å². The van der Waals surface area contributed by atoms with E-state index in [2.05, 4.69) is 10.1 Å². The molecule has 1 amide bonds. The molecule has 0 aliphatic carbocycles. The summed E-state index contributed by atoms with van der Waals surface area (Å²) >= 11 is 0. The van der Waals surface area contributed by atoms with Crippen molar-refractivity contribution >= 4 is 5.91 Å². The molecule has 1 atom stereocenters. The van der Waals surface area contributed by atoms with Crippen molar-refractivity contribution in [2.24, 2.45) is 7.05 Å². The first-order chi connectivity index (χ1) is 11.7. The smallest absolute Gasteiger partial charge is 0.379 e. The van der Waals surface area contributed by atoms with Crippen LogP contribution < -0.4 is 0 Å². The summed E-state index contributed by atoms with van der Waals surface area (Å²) in [6, 6.07) is 1.66. The summed E-state index contributed by atoms with van der Waals surface area (Å²) in [5.74, 6) is -0.0930. The molecule has 0 bridgehead atoms. The van der Waals surface area contributed by atoms with Crippen LogP contribution >= 0.6 is 0 Å². The summed E-state index contributed by atoms with van der Waals surface area (Å²) in [5.41, 5.74) is 1.07. The summed E-state index contributed by atoms with van der Waals surface area (Å²) in [4.78, 5) is 17.4. The van der Waals surface area contributed by atoms with Crippen molar-refractivity contribution in [2.45, 2.75) is 38.2 Å². The van der Waals surface area contributed by atoms with E-state index in [1.54, 1.807) is 34.8 Å². The molecule has 2 aromatic heterocycles. The molecule has 0 spiro atoms. The molecule has 3 rings (SSSR count). The fourth-order valence-corrected chi connectivity index (χ4v) is 2.81. The van der Waals surface area contributed by atoms with Gasteiger partial charge in [0.1, 0.15) is 5.82 Å². The van der Waals surface area contributed by atoms with Crippen LogP contribution in [0.15, 0.2) is 18.5 Å². The van der Waals surface area contributed by atoms with E-state index in [-0.39, 0.29) is 6.54 Å². The van der Waals surface area contributed by atoms with Gasteiger partial charge >= 0.3 is 6.18 Å². The fraction of sp³-hybridized carbons (Fsp3) is 0.533. The first-order valence-corrected chi connectivity index (χ1v) is 7.81. The molecule has 1 aliphatic rings. The van der Waals surface area contributed by atoms with Crippen LogP contribution in [-0.4, -0.2) is 48.0 Å². The van der Waals surface area contributed by atoms with Crippen LogP contribution in [0, 0.1) is 0 Å². The Balaban J connectivity index is 1.69. The Kier molecular flexibility index (Phi) is 4.55. The van der Waals surface area contributed by atoms with Gasteiger partial charge < -0.3 is 14.6 Å². The summed E-state index contributed by atoms with van der Waals surface area (Å²) in [5, 5.41) is 14.7. The van der Waals surface area contributed by atoms with Gasteiger partial charge in [-0.2, -0.15) is 18.3 Å². The van der Waals surface area contributed by atoms with Gasteiger partial charge in [0.05, 0.1) is 30.9 Å². The molecule has 7 nitrogen and oxygen atoms in total. The second-order valence-corrected chi connectivity index (χ2v) is 6.01. The van der Waals surface area contributed by atoms with Gasteiger partial charge in [-0.1, -0.05) is 0 Å². The van der Waals surface area contributed by atoms with E-state index >= 15 is 0 Å². The number of aryl methyl sites for hydroxylation is 1. The zero-order chi connectivity index (χ0) is 18.2. The Labute approximate surface area is 141 Å². The standard InChI is InChI=1S/C15H18F3N5O2/c1-21-5-4-19-14(21)13(25)11-8-10-9-22(6-7-23(10)20-11)12(24)2-3-15(16,17)18/h4-5,8,13,25H,2-3,6-7,9H2,1H3/t13-/m0/s1. The summed E-state index contributed by atoms with van der Waals surface area (Å²) < 4.78 is 40.1. The number of amides is 1. The van der Waals surface area contributed by atoms with Crippen molar-refractivity contribution in [3.8, 4) is 0 Å². The van der Waals surface area contributed by atoms with Gasteiger partial charge in [0, 0.05) is 32.4 Å². The summed E-state index contributed by atoms with van der Waals surface area (Å²) in [6.07, 6.45) is -3.75. The van der Waals surface area contributed by atoms with Crippen molar-refractivity contribution in [2.75, 3.05) is 6.54 Å². The quantitative estimate of drug-likeness (QED) is 0.897. The molecule has 25 heavy (non-hydrogen) atoms. The number of halogens is 3. The van der Waals surface area contributed by atoms with Crippen LogP contribution in [0.5, 0.6) is 0 Å². The Morgan fingerprint density at radius 3 is 2.80 bits per heavy atom. The maximum Gasteiger partial charge on any atom is 0.389 e. The number of hydrogen-bond donors (Lipinski definition) is 1. The number of hydrogen-bond acceptors (Lipinski definition) is 4. The minimum atomic E-state index is -4.34. The van der Waals surface area contributed by atoms with Crippen molar-refractivity contribution in [3.63, 3.8) is 0 Å².